The van der Waals surface area contributed by atoms with Crippen molar-refractivity contribution in [2.45, 2.75) is 19.3 Å². The van der Waals surface area contributed by atoms with Crippen LogP contribution in [0.15, 0.2) is 162 Å². The van der Waals surface area contributed by atoms with Crippen LogP contribution in [0.1, 0.15) is 25.0 Å². The van der Waals surface area contributed by atoms with E-state index in [4.69, 9.17) is 9.40 Å². The lowest BCUT2D eigenvalue weighted by Crippen LogP contribution is -2.15. The van der Waals surface area contributed by atoms with E-state index in [0.717, 1.165) is 43.7 Å². The first-order valence-corrected chi connectivity index (χ1v) is 17.9. The molecule has 1 aliphatic carbocycles. The molecule has 244 valence electrons. The van der Waals surface area contributed by atoms with Gasteiger partial charge in [0.25, 0.3) is 0 Å². The minimum atomic E-state index is -0.0852. The van der Waals surface area contributed by atoms with Crippen LogP contribution in [0.5, 0.6) is 0 Å². The molecule has 10 aromatic rings. The van der Waals surface area contributed by atoms with Gasteiger partial charge in [0.15, 0.2) is 5.58 Å². The molecule has 0 aliphatic heterocycles. The van der Waals surface area contributed by atoms with E-state index in [2.05, 4.69) is 146 Å². The molecule has 2 heterocycles. The van der Waals surface area contributed by atoms with Gasteiger partial charge < -0.3 is 4.42 Å². The molecule has 0 saturated heterocycles. The lowest BCUT2D eigenvalue weighted by Gasteiger charge is -2.22. The molecule has 2 aromatic heterocycles. The summed E-state index contributed by atoms with van der Waals surface area (Å²) < 4.78 is 6.67. The zero-order valence-electron chi connectivity index (χ0n) is 28.8. The van der Waals surface area contributed by atoms with E-state index in [0.29, 0.717) is 5.89 Å². The maximum Gasteiger partial charge on any atom is 0.228 e. The summed E-state index contributed by atoms with van der Waals surface area (Å²) in [7, 11) is 0. The first-order chi connectivity index (χ1) is 25.5. The second kappa shape index (κ2) is 10.7. The minimum absolute atomic E-state index is 0.0852. The van der Waals surface area contributed by atoms with Gasteiger partial charge in [-0.05, 0) is 108 Å². The van der Waals surface area contributed by atoms with Gasteiger partial charge in [-0.25, -0.2) is 4.98 Å². The fourth-order valence-electron chi connectivity index (χ4n) is 8.66. The molecule has 0 amide bonds. The molecule has 0 radical (unpaired) electrons. The normalized spacial score (nSPS) is 13.3. The Hall–Kier alpha value is -6.58. The third-order valence-electron chi connectivity index (χ3n) is 11.3. The fourth-order valence-corrected chi connectivity index (χ4v) is 8.66. The Bertz CT molecular complexity index is 3110. The van der Waals surface area contributed by atoms with Crippen molar-refractivity contribution in [3.05, 3.63) is 169 Å². The smallest absolute Gasteiger partial charge is 0.228 e. The second-order valence-electron chi connectivity index (χ2n) is 14.6. The lowest BCUT2D eigenvalue weighted by molar-refractivity contribution is 0.624. The lowest BCUT2D eigenvalue weighted by atomic mass is 9.81. The number of pyridine rings is 1. The van der Waals surface area contributed by atoms with E-state index in [-0.39, 0.29) is 5.41 Å². The summed E-state index contributed by atoms with van der Waals surface area (Å²) in [5, 5.41) is 8.17. The monoisotopic (exact) mass is 664 g/mol. The van der Waals surface area contributed by atoms with E-state index in [1.165, 1.54) is 60.7 Å². The van der Waals surface area contributed by atoms with Crippen LogP contribution in [-0.2, 0) is 5.41 Å². The Labute approximate surface area is 300 Å². The van der Waals surface area contributed by atoms with Crippen molar-refractivity contribution < 1.29 is 4.42 Å². The van der Waals surface area contributed by atoms with Gasteiger partial charge in [-0.2, -0.15) is 0 Å². The quantitative estimate of drug-likeness (QED) is 0.176. The largest absolute Gasteiger partial charge is 0.435 e. The minimum Gasteiger partial charge on any atom is -0.435 e. The predicted octanol–water partition coefficient (Wildman–Crippen LogP) is 13.1. The molecular formula is C49H32N2O. The average Bonchev–Trinajstić information content (AvgIpc) is 3.73. The van der Waals surface area contributed by atoms with Gasteiger partial charge in [0.05, 0.1) is 5.52 Å². The first-order valence-electron chi connectivity index (χ1n) is 17.9. The molecule has 0 spiro atoms. The maximum atomic E-state index is 6.67. The fraction of sp³-hybridized carbons (Fsp3) is 0.0612. The van der Waals surface area contributed by atoms with Gasteiger partial charge in [0.1, 0.15) is 5.52 Å². The van der Waals surface area contributed by atoms with E-state index >= 15 is 0 Å². The molecule has 3 heteroatoms. The summed E-state index contributed by atoms with van der Waals surface area (Å²) in [5.41, 5.74) is 13.7. The SMILES string of the molecule is CC1(C)c2cc(-c3cccc(-c4ccc5ccc6ccc7nc(-c8ccnc9ccccc89)oc7c6c5c4)c3)ccc2-c2c1ccc1ccccc21. The third-order valence-corrected chi connectivity index (χ3v) is 11.3. The van der Waals surface area contributed by atoms with Crippen LogP contribution in [0.3, 0.4) is 0 Å². The van der Waals surface area contributed by atoms with Crippen molar-refractivity contribution in [2.75, 3.05) is 0 Å². The second-order valence-corrected chi connectivity index (χ2v) is 14.6. The molecule has 0 bridgehead atoms. The Morgan fingerprint density at radius 3 is 2.08 bits per heavy atom. The highest BCUT2D eigenvalue weighted by atomic mass is 16.3. The summed E-state index contributed by atoms with van der Waals surface area (Å²) in [4.78, 5) is 9.53. The van der Waals surface area contributed by atoms with E-state index < -0.39 is 0 Å². The summed E-state index contributed by atoms with van der Waals surface area (Å²) in [6, 6.07) is 54.8. The molecule has 3 nitrogen and oxygen atoms in total. The average molecular weight is 665 g/mol. The predicted molar refractivity (Wildman–Crippen MR) is 216 cm³/mol. The Morgan fingerprint density at radius 1 is 0.481 bits per heavy atom. The summed E-state index contributed by atoms with van der Waals surface area (Å²) >= 11 is 0. The van der Waals surface area contributed by atoms with E-state index in [1.54, 1.807) is 0 Å². The topological polar surface area (TPSA) is 38.9 Å². The molecule has 0 atom stereocenters. The van der Waals surface area contributed by atoms with E-state index in [1.807, 2.05) is 30.5 Å². The van der Waals surface area contributed by atoms with Crippen molar-refractivity contribution in [3.63, 3.8) is 0 Å². The number of aromatic nitrogens is 2. The van der Waals surface area contributed by atoms with Crippen molar-refractivity contribution in [1.82, 2.24) is 9.97 Å². The highest BCUT2D eigenvalue weighted by molar-refractivity contribution is 6.18. The number of nitrogens with zero attached hydrogens (tertiary/aromatic N) is 2. The Morgan fingerprint density at radius 2 is 1.17 bits per heavy atom. The zero-order chi connectivity index (χ0) is 34.6. The Kier molecular flexibility index (Phi) is 6.01. The summed E-state index contributed by atoms with van der Waals surface area (Å²) in [6.45, 7) is 4.72. The van der Waals surface area contributed by atoms with Crippen LogP contribution in [0.25, 0.3) is 99.2 Å². The molecule has 0 fully saturated rings. The Balaban J connectivity index is 1.03. The van der Waals surface area contributed by atoms with E-state index in [9.17, 15) is 0 Å². The highest BCUT2D eigenvalue weighted by Crippen LogP contribution is 2.52. The maximum absolute atomic E-state index is 6.67. The van der Waals surface area contributed by atoms with Gasteiger partial charge in [0, 0.05) is 27.9 Å². The number of para-hydroxylation sites is 1. The molecule has 8 aromatic carbocycles. The molecule has 0 unspecified atom stereocenters. The van der Waals surface area contributed by atoms with Gasteiger partial charge in [0.2, 0.25) is 5.89 Å². The highest BCUT2D eigenvalue weighted by Gasteiger charge is 2.36. The number of hydrogen-bond acceptors (Lipinski definition) is 3. The molecule has 52 heavy (non-hydrogen) atoms. The van der Waals surface area contributed by atoms with Gasteiger partial charge in [-0.15, -0.1) is 0 Å². The molecule has 0 N–H and O–H groups in total. The van der Waals surface area contributed by atoms with Gasteiger partial charge in [-0.3, -0.25) is 4.98 Å². The summed E-state index contributed by atoms with van der Waals surface area (Å²) in [5.74, 6) is 0.607. The van der Waals surface area contributed by atoms with Crippen molar-refractivity contribution in [2.24, 2.45) is 0 Å². The van der Waals surface area contributed by atoms with Crippen LogP contribution >= 0.6 is 0 Å². The van der Waals surface area contributed by atoms with Gasteiger partial charge >= 0.3 is 0 Å². The van der Waals surface area contributed by atoms with Crippen molar-refractivity contribution in [1.29, 1.82) is 0 Å². The molecule has 11 rings (SSSR count). The molecular weight excluding hydrogens is 633 g/mol. The molecule has 1 aliphatic rings. The van der Waals surface area contributed by atoms with Crippen LogP contribution in [0.4, 0.5) is 0 Å². The number of oxazole rings is 1. The van der Waals surface area contributed by atoms with Crippen LogP contribution in [0.2, 0.25) is 0 Å². The summed E-state index contributed by atoms with van der Waals surface area (Å²) in [6.07, 6.45) is 1.82. The zero-order valence-corrected chi connectivity index (χ0v) is 28.8. The van der Waals surface area contributed by atoms with Crippen LogP contribution in [0, 0.1) is 0 Å². The number of hydrogen-bond donors (Lipinski definition) is 0. The standard InChI is InChI=1S/C49H32N2O/c1-49(2)41-22-19-29-8-3-4-11-36(29)46(41)39-21-18-35(28-42(39)49)33-10-7-9-32(26-33)34-17-15-30-14-16-31-20-23-44-47(45(31)40(30)27-34)52-48(51-44)38-24-25-50-43-13-6-5-12-37(38)43/h3-28H,1-2H3. The van der Waals surface area contributed by atoms with Crippen molar-refractivity contribution in [3.8, 4) is 44.8 Å². The van der Waals surface area contributed by atoms with Crippen LogP contribution in [-0.4, -0.2) is 9.97 Å². The van der Waals surface area contributed by atoms with Crippen molar-refractivity contribution >= 4 is 54.3 Å². The van der Waals surface area contributed by atoms with Gasteiger partial charge in [-0.1, -0.05) is 129 Å². The molecule has 0 saturated carbocycles. The number of rotatable bonds is 3. The number of fused-ring (bicyclic) bond motifs is 11. The number of benzene rings is 8. The van der Waals surface area contributed by atoms with Crippen LogP contribution < -0.4 is 0 Å². The first kappa shape index (κ1) is 29.2. The third kappa shape index (κ3) is 4.20.